The molecular weight excluding hydrogens is 212 g/mol. The molecule has 3 heteroatoms. The summed E-state index contributed by atoms with van der Waals surface area (Å²) in [5.74, 6) is 0. The summed E-state index contributed by atoms with van der Waals surface area (Å²) < 4.78 is 0. The van der Waals surface area contributed by atoms with E-state index in [0.29, 0.717) is 0 Å². The van der Waals surface area contributed by atoms with Gasteiger partial charge in [-0.2, -0.15) is 0 Å². The maximum absolute atomic E-state index is 3.60. The topological polar surface area (TPSA) is 15.3 Å². The molecule has 2 nitrogen and oxygen atoms in total. The normalized spacial score (nSPS) is 11.3. The van der Waals surface area contributed by atoms with Crippen molar-refractivity contribution in [1.82, 2.24) is 0 Å². The number of nitrogens with one attached hydrogen (secondary N) is 1. The highest BCUT2D eigenvalue weighted by atomic mass is 28.3. The average Bonchev–Trinajstić information content (AvgIpc) is 2.20. The molecule has 0 aromatic heterocycles. The van der Waals surface area contributed by atoms with Crippen LogP contribution in [0.4, 0.5) is 11.4 Å². The van der Waals surface area contributed by atoms with E-state index in [2.05, 4.69) is 67.6 Å². The number of anilines is 2. The molecule has 0 bridgehead atoms. The Bertz CT molecular complexity index is 310. The molecule has 0 saturated heterocycles. The van der Waals surface area contributed by atoms with Gasteiger partial charge in [-0.1, -0.05) is 19.6 Å². The first-order valence-electron chi connectivity index (χ1n) is 6.09. The fraction of sp³-hybridized carbons (Fsp3) is 0.538. The highest BCUT2D eigenvalue weighted by molar-refractivity contribution is 6.79. The third-order valence-corrected chi connectivity index (χ3v) is 3.55. The minimum Gasteiger partial charge on any atom is -0.411 e. The van der Waals surface area contributed by atoms with Crippen molar-refractivity contribution in [1.29, 1.82) is 0 Å². The van der Waals surface area contributed by atoms with Gasteiger partial charge in [0, 0.05) is 24.5 Å². The van der Waals surface area contributed by atoms with Crippen LogP contribution in [0.25, 0.3) is 0 Å². The van der Waals surface area contributed by atoms with Crippen LogP contribution in [0.15, 0.2) is 24.3 Å². The van der Waals surface area contributed by atoms with Crippen LogP contribution < -0.4 is 9.88 Å². The third kappa shape index (κ3) is 3.89. The smallest absolute Gasteiger partial charge is 0.144 e. The van der Waals surface area contributed by atoms with Crippen LogP contribution in [-0.4, -0.2) is 21.3 Å². The first kappa shape index (κ1) is 13.1. The fourth-order valence-electron chi connectivity index (χ4n) is 1.78. The Kier molecular flexibility index (Phi) is 4.41. The molecule has 16 heavy (non-hydrogen) atoms. The molecule has 1 aromatic rings. The molecule has 1 aromatic carbocycles. The second-order valence-electron chi connectivity index (χ2n) is 5.09. The monoisotopic (exact) mass is 236 g/mol. The lowest BCUT2D eigenvalue weighted by Crippen LogP contribution is -2.32. The van der Waals surface area contributed by atoms with Gasteiger partial charge in [-0.05, 0) is 38.1 Å². The lowest BCUT2D eigenvalue weighted by molar-refractivity contribution is 0.866. The van der Waals surface area contributed by atoms with Crippen LogP contribution in [0.5, 0.6) is 0 Å². The number of rotatable bonds is 5. The molecular formula is C13H24N2Si. The minimum absolute atomic E-state index is 1.07. The Morgan fingerprint density at radius 2 is 1.50 bits per heavy atom. The van der Waals surface area contributed by atoms with E-state index in [1.807, 2.05) is 0 Å². The van der Waals surface area contributed by atoms with Gasteiger partial charge in [0.1, 0.15) is 8.24 Å². The van der Waals surface area contributed by atoms with Crippen LogP contribution in [0.2, 0.25) is 19.6 Å². The quantitative estimate of drug-likeness (QED) is 0.783. The van der Waals surface area contributed by atoms with Crippen LogP contribution in [-0.2, 0) is 0 Å². The van der Waals surface area contributed by atoms with E-state index in [0.717, 1.165) is 13.1 Å². The van der Waals surface area contributed by atoms with E-state index in [4.69, 9.17) is 0 Å². The number of benzene rings is 1. The minimum atomic E-state index is -1.22. The number of nitrogens with zero attached hydrogens (tertiary/aromatic N) is 1. The first-order chi connectivity index (χ1) is 7.46. The summed E-state index contributed by atoms with van der Waals surface area (Å²) in [6, 6.07) is 8.78. The van der Waals surface area contributed by atoms with Crippen molar-refractivity contribution in [3.8, 4) is 0 Å². The second-order valence-corrected chi connectivity index (χ2v) is 9.84. The predicted octanol–water partition coefficient (Wildman–Crippen LogP) is 3.78. The molecule has 0 aliphatic heterocycles. The Labute approximate surface area is 101 Å². The molecule has 90 valence electrons. The summed E-state index contributed by atoms with van der Waals surface area (Å²) in [5.41, 5.74) is 2.56. The zero-order chi connectivity index (χ0) is 12.2. The van der Waals surface area contributed by atoms with Crippen LogP contribution >= 0.6 is 0 Å². The number of hydrogen-bond donors (Lipinski definition) is 1. The van der Waals surface area contributed by atoms with Crippen molar-refractivity contribution >= 4 is 19.6 Å². The lowest BCUT2D eigenvalue weighted by atomic mass is 10.2. The Balaban J connectivity index is 2.75. The lowest BCUT2D eigenvalue weighted by Gasteiger charge is -2.23. The van der Waals surface area contributed by atoms with Gasteiger partial charge in [0.05, 0.1) is 0 Å². The van der Waals surface area contributed by atoms with E-state index < -0.39 is 8.24 Å². The van der Waals surface area contributed by atoms with Crippen molar-refractivity contribution in [2.24, 2.45) is 0 Å². The van der Waals surface area contributed by atoms with Crippen LogP contribution in [0.3, 0.4) is 0 Å². The summed E-state index contributed by atoms with van der Waals surface area (Å²) >= 11 is 0. The van der Waals surface area contributed by atoms with Gasteiger partial charge in [0.25, 0.3) is 0 Å². The molecule has 0 spiro atoms. The van der Waals surface area contributed by atoms with Gasteiger partial charge in [-0.15, -0.1) is 0 Å². The Hall–Kier alpha value is -0.963. The largest absolute Gasteiger partial charge is 0.411 e. The SMILES string of the molecule is CCN(CC)c1ccc(N[Si](C)(C)C)cc1. The molecule has 0 fully saturated rings. The van der Waals surface area contributed by atoms with Crippen LogP contribution in [0, 0.1) is 0 Å². The second kappa shape index (κ2) is 5.39. The van der Waals surface area contributed by atoms with Gasteiger partial charge in [0.15, 0.2) is 0 Å². The van der Waals surface area contributed by atoms with Gasteiger partial charge < -0.3 is 9.88 Å². The summed E-state index contributed by atoms with van der Waals surface area (Å²) in [6.45, 7) is 13.5. The van der Waals surface area contributed by atoms with E-state index in [1.54, 1.807) is 0 Å². The summed E-state index contributed by atoms with van der Waals surface area (Å²) in [7, 11) is -1.22. The van der Waals surface area contributed by atoms with Gasteiger partial charge >= 0.3 is 0 Å². The van der Waals surface area contributed by atoms with Gasteiger partial charge in [-0.25, -0.2) is 0 Å². The molecule has 1 N–H and O–H groups in total. The molecule has 0 atom stereocenters. The molecule has 0 radical (unpaired) electrons. The van der Waals surface area contributed by atoms with E-state index in [9.17, 15) is 0 Å². The van der Waals surface area contributed by atoms with E-state index >= 15 is 0 Å². The molecule has 0 aliphatic carbocycles. The predicted molar refractivity (Wildman–Crippen MR) is 77.0 cm³/mol. The zero-order valence-corrected chi connectivity index (χ0v) is 12.2. The van der Waals surface area contributed by atoms with Gasteiger partial charge in [0.2, 0.25) is 0 Å². The maximum atomic E-state index is 3.60. The first-order valence-corrected chi connectivity index (χ1v) is 9.59. The fourth-order valence-corrected chi connectivity index (χ4v) is 2.81. The molecule has 0 unspecified atom stereocenters. The highest BCUT2D eigenvalue weighted by Crippen LogP contribution is 2.19. The van der Waals surface area contributed by atoms with E-state index in [-0.39, 0.29) is 0 Å². The third-order valence-electron chi connectivity index (χ3n) is 2.52. The summed E-state index contributed by atoms with van der Waals surface area (Å²) in [5, 5.41) is 0. The van der Waals surface area contributed by atoms with E-state index in [1.165, 1.54) is 11.4 Å². The molecule has 0 amide bonds. The van der Waals surface area contributed by atoms with Gasteiger partial charge in [-0.3, -0.25) is 0 Å². The summed E-state index contributed by atoms with van der Waals surface area (Å²) in [6.07, 6.45) is 0. The van der Waals surface area contributed by atoms with Crippen molar-refractivity contribution in [3.63, 3.8) is 0 Å². The van der Waals surface area contributed by atoms with Crippen LogP contribution in [0.1, 0.15) is 13.8 Å². The zero-order valence-electron chi connectivity index (χ0n) is 11.2. The molecule has 0 heterocycles. The number of hydrogen-bond acceptors (Lipinski definition) is 2. The molecule has 0 saturated carbocycles. The standard InChI is InChI=1S/C13H24N2Si/c1-6-15(7-2)13-10-8-12(9-11-13)14-16(3,4)5/h8-11,14H,6-7H2,1-5H3. The Morgan fingerprint density at radius 1 is 1.00 bits per heavy atom. The average molecular weight is 236 g/mol. The molecule has 0 aliphatic rings. The van der Waals surface area contributed by atoms with Crippen molar-refractivity contribution in [2.75, 3.05) is 23.0 Å². The molecule has 1 rings (SSSR count). The van der Waals surface area contributed by atoms with Crippen molar-refractivity contribution < 1.29 is 0 Å². The Morgan fingerprint density at radius 3 is 1.88 bits per heavy atom. The summed E-state index contributed by atoms with van der Waals surface area (Å²) in [4.78, 5) is 5.96. The van der Waals surface area contributed by atoms with Crippen molar-refractivity contribution in [3.05, 3.63) is 24.3 Å². The maximum Gasteiger partial charge on any atom is 0.144 e. The van der Waals surface area contributed by atoms with Crippen molar-refractivity contribution in [2.45, 2.75) is 33.5 Å². The highest BCUT2D eigenvalue weighted by Gasteiger charge is 2.12.